The van der Waals surface area contributed by atoms with E-state index in [1.54, 1.807) is 0 Å². The highest BCUT2D eigenvalue weighted by Gasteiger charge is 2.13. The fourth-order valence-electron chi connectivity index (χ4n) is 3.46. The molecule has 168 valence electrons. The molecule has 2 rings (SSSR count). The molecule has 1 aromatic carbocycles. The Labute approximate surface area is 199 Å². The van der Waals surface area contributed by atoms with E-state index in [-0.39, 0.29) is 30.0 Å². The number of nitrogens with one attached hydrogen (secondary N) is 2. The zero-order valence-corrected chi connectivity index (χ0v) is 21.9. The van der Waals surface area contributed by atoms with Crippen LogP contribution in [0.2, 0.25) is 0 Å². The van der Waals surface area contributed by atoms with E-state index < -0.39 is 0 Å². The topological polar surface area (TPSA) is 57.5 Å². The van der Waals surface area contributed by atoms with Gasteiger partial charge in [0, 0.05) is 51.7 Å². The maximum atomic E-state index is 4.77. The molecule has 0 bridgehead atoms. The molecule has 0 aliphatic carbocycles. The summed E-state index contributed by atoms with van der Waals surface area (Å²) in [6.45, 7) is 10.2. The van der Waals surface area contributed by atoms with Gasteiger partial charge in [-0.1, -0.05) is 12.1 Å². The highest BCUT2D eigenvalue weighted by atomic mass is 127. The third-order valence-corrected chi connectivity index (χ3v) is 5.24. The molecule has 7 heteroatoms. The standard InChI is InChI=1S/C23H38N6.HI/c1-8-24-23(26-17(2)16-22-18(3)27-29(7)19(22)4)25-15-9-10-20-11-13-21(14-12-20)28(5)6;/h11-14,17H,8-10,15-16H2,1-7H3,(H2,24,25,26);1H. The van der Waals surface area contributed by atoms with Crippen LogP contribution in [0, 0.1) is 13.8 Å². The molecule has 0 saturated heterocycles. The smallest absolute Gasteiger partial charge is 0.191 e. The van der Waals surface area contributed by atoms with Gasteiger partial charge in [-0.2, -0.15) is 5.10 Å². The van der Waals surface area contributed by atoms with Crippen LogP contribution in [0.4, 0.5) is 5.69 Å². The number of rotatable bonds is 9. The zero-order valence-electron chi connectivity index (χ0n) is 19.6. The van der Waals surface area contributed by atoms with Crippen LogP contribution >= 0.6 is 24.0 Å². The molecule has 1 heterocycles. The second-order valence-electron chi connectivity index (χ2n) is 7.95. The lowest BCUT2D eigenvalue weighted by Gasteiger charge is -2.18. The van der Waals surface area contributed by atoms with Crippen LogP contribution in [0.15, 0.2) is 29.3 Å². The fraction of sp³-hybridized carbons (Fsp3) is 0.565. The van der Waals surface area contributed by atoms with E-state index >= 15 is 0 Å². The van der Waals surface area contributed by atoms with Crippen LogP contribution in [0.1, 0.15) is 42.8 Å². The van der Waals surface area contributed by atoms with Crippen molar-refractivity contribution in [3.05, 3.63) is 46.8 Å². The van der Waals surface area contributed by atoms with Gasteiger partial charge in [0.2, 0.25) is 0 Å². The van der Waals surface area contributed by atoms with Crippen molar-refractivity contribution in [2.45, 2.75) is 53.0 Å². The first kappa shape index (κ1) is 26.3. The third-order valence-electron chi connectivity index (χ3n) is 5.24. The monoisotopic (exact) mass is 526 g/mol. The molecule has 0 spiro atoms. The summed E-state index contributed by atoms with van der Waals surface area (Å²) < 4.78 is 1.96. The summed E-state index contributed by atoms with van der Waals surface area (Å²) in [7, 11) is 6.14. The predicted octanol–water partition coefficient (Wildman–Crippen LogP) is 3.84. The average Bonchev–Trinajstić information content (AvgIpc) is 2.91. The molecule has 1 aromatic heterocycles. The number of anilines is 1. The first-order valence-corrected chi connectivity index (χ1v) is 10.6. The van der Waals surface area contributed by atoms with E-state index in [1.807, 2.05) is 11.7 Å². The molecule has 30 heavy (non-hydrogen) atoms. The van der Waals surface area contributed by atoms with Gasteiger partial charge in [0.15, 0.2) is 5.96 Å². The lowest BCUT2D eigenvalue weighted by molar-refractivity contribution is 0.634. The van der Waals surface area contributed by atoms with Crippen LogP contribution in [0.3, 0.4) is 0 Å². The Morgan fingerprint density at radius 3 is 2.40 bits per heavy atom. The summed E-state index contributed by atoms with van der Waals surface area (Å²) in [6, 6.07) is 9.06. The number of hydrogen-bond donors (Lipinski definition) is 2. The number of benzene rings is 1. The summed E-state index contributed by atoms with van der Waals surface area (Å²) in [5, 5.41) is 11.4. The third kappa shape index (κ3) is 7.81. The van der Waals surface area contributed by atoms with Gasteiger partial charge in [0.25, 0.3) is 0 Å². The summed E-state index contributed by atoms with van der Waals surface area (Å²) >= 11 is 0. The molecular formula is C23H39IN6. The second-order valence-corrected chi connectivity index (χ2v) is 7.95. The number of halogens is 1. The summed E-state index contributed by atoms with van der Waals surface area (Å²) in [6.07, 6.45) is 3.02. The van der Waals surface area contributed by atoms with Crippen molar-refractivity contribution < 1.29 is 0 Å². The van der Waals surface area contributed by atoms with E-state index in [0.29, 0.717) is 0 Å². The van der Waals surface area contributed by atoms with Crippen molar-refractivity contribution >= 4 is 35.6 Å². The van der Waals surface area contributed by atoms with Gasteiger partial charge in [0.05, 0.1) is 5.69 Å². The Bertz CT molecular complexity index is 795. The minimum atomic E-state index is 0. The molecule has 0 fully saturated rings. The largest absolute Gasteiger partial charge is 0.378 e. The van der Waals surface area contributed by atoms with Crippen molar-refractivity contribution in [1.82, 2.24) is 20.4 Å². The van der Waals surface area contributed by atoms with E-state index in [0.717, 1.165) is 44.0 Å². The predicted molar refractivity (Wildman–Crippen MR) is 139 cm³/mol. The molecule has 6 nitrogen and oxygen atoms in total. The average molecular weight is 527 g/mol. The quantitative estimate of drug-likeness (QED) is 0.226. The molecule has 0 radical (unpaired) electrons. The number of aromatic nitrogens is 2. The summed E-state index contributed by atoms with van der Waals surface area (Å²) in [5.74, 6) is 0.891. The van der Waals surface area contributed by atoms with Crippen LogP contribution in [0.5, 0.6) is 0 Å². The van der Waals surface area contributed by atoms with E-state index in [1.165, 1.54) is 22.5 Å². The van der Waals surface area contributed by atoms with Gasteiger partial charge >= 0.3 is 0 Å². The van der Waals surface area contributed by atoms with Crippen LogP contribution in [-0.2, 0) is 19.9 Å². The van der Waals surface area contributed by atoms with Crippen molar-refractivity contribution in [3.63, 3.8) is 0 Å². The summed E-state index contributed by atoms with van der Waals surface area (Å²) in [5.41, 5.74) is 6.27. The van der Waals surface area contributed by atoms with Crippen molar-refractivity contribution in [3.8, 4) is 0 Å². The second kappa shape index (κ2) is 12.8. The van der Waals surface area contributed by atoms with E-state index in [4.69, 9.17) is 4.99 Å². The van der Waals surface area contributed by atoms with Crippen molar-refractivity contribution in [2.24, 2.45) is 12.0 Å². The minimum absolute atomic E-state index is 0. The lowest BCUT2D eigenvalue weighted by Crippen LogP contribution is -2.43. The van der Waals surface area contributed by atoms with Gasteiger partial charge in [-0.25, -0.2) is 0 Å². The first-order chi connectivity index (χ1) is 13.8. The van der Waals surface area contributed by atoms with Crippen LogP contribution < -0.4 is 15.5 Å². The Balaban J connectivity index is 0.00000450. The van der Waals surface area contributed by atoms with Crippen LogP contribution in [-0.4, -0.2) is 49.0 Å². The highest BCUT2D eigenvalue weighted by molar-refractivity contribution is 14.0. The maximum absolute atomic E-state index is 4.77. The van der Waals surface area contributed by atoms with Gasteiger partial charge in [0.1, 0.15) is 0 Å². The van der Waals surface area contributed by atoms with Crippen LogP contribution in [0.25, 0.3) is 0 Å². The number of nitrogens with zero attached hydrogens (tertiary/aromatic N) is 4. The van der Waals surface area contributed by atoms with Crippen molar-refractivity contribution in [1.29, 1.82) is 0 Å². The Morgan fingerprint density at radius 1 is 1.20 bits per heavy atom. The Kier molecular flexibility index (Phi) is 11.2. The molecule has 0 aliphatic heterocycles. The Hall–Kier alpha value is -1.77. The molecule has 1 atom stereocenters. The fourth-order valence-corrected chi connectivity index (χ4v) is 3.46. The SMILES string of the molecule is CCNC(=NCCCc1ccc(N(C)C)cc1)NC(C)Cc1c(C)nn(C)c1C.I. The van der Waals surface area contributed by atoms with Gasteiger partial charge in [-0.3, -0.25) is 9.67 Å². The van der Waals surface area contributed by atoms with Crippen molar-refractivity contribution in [2.75, 3.05) is 32.1 Å². The molecule has 1 unspecified atom stereocenters. The highest BCUT2D eigenvalue weighted by Crippen LogP contribution is 2.15. The lowest BCUT2D eigenvalue weighted by atomic mass is 10.1. The summed E-state index contributed by atoms with van der Waals surface area (Å²) in [4.78, 5) is 6.89. The number of guanidine groups is 1. The maximum Gasteiger partial charge on any atom is 0.191 e. The number of aliphatic imine (C=N–C) groups is 1. The van der Waals surface area contributed by atoms with Gasteiger partial charge in [-0.05, 0) is 70.2 Å². The normalized spacial score (nSPS) is 12.3. The molecule has 0 amide bonds. The Morgan fingerprint density at radius 2 is 1.87 bits per heavy atom. The van der Waals surface area contributed by atoms with Gasteiger partial charge in [-0.15, -0.1) is 24.0 Å². The molecular weight excluding hydrogens is 487 g/mol. The van der Waals surface area contributed by atoms with Gasteiger partial charge < -0.3 is 15.5 Å². The molecule has 2 N–H and O–H groups in total. The number of hydrogen-bond acceptors (Lipinski definition) is 3. The van der Waals surface area contributed by atoms with E-state index in [2.05, 4.69) is 86.7 Å². The molecule has 2 aromatic rings. The zero-order chi connectivity index (χ0) is 21.4. The number of aryl methyl sites for hydroxylation is 3. The first-order valence-electron chi connectivity index (χ1n) is 10.6. The minimum Gasteiger partial charge on any atom is -0.378 e. The molecule has 0 saturated carbocycles. The van der Waals surface area contributed by atoms with E-state index in [9.17, 15) is 0 Å². The molecule has 0 aliphatic rings.